The number of hydrogen-bond donors (Lipinski definition) is 2. The lowest BCUT2D eigenvalue weighted by atomic mass is 10.1. The molecule has 1 atom stereocenters. The number of fused-ring (bicyclic) bond motifs is 1. The van der Waals surface area contributed by atoms with Crippen molar-refractivity contribution in [2.24, 2.45) is 0 Å². The summed E-state index contributed by atoms with van der Waals surface area (Å²) in [6, 6.07) is 9.77. The van der Waals surface area contributed by atoms with E-state index in [0.29, 0.717) is 11.5 Å². The fraction of sp³-hybridized carbons (Fsp3) is 0.133. The lowest BCUT2D eigenvalue weighted by molar-refractivity contribution is 0.186. The first-order chi connectivity index (χ1) is 10.3. The minimum atomic E-state index is -0.965. The van der Waals surface area contributed by atoms with Gasteiger partial charge >= 0.3 is 0 Å². The zero-order valence-corrected chi connectivity index (χ0v) is 11.1. The van der Waals surface area contributed by atoms with Crippen LogP contribution in [0.25, 0.3) is 11.0 Å². The van der Waals surface area contributed by atoms with Crippen molar-refractivity contribution in [3.8, 4) is 0 Å². The summed E-state index contributed by atoms with van der Waals surface area (Å²) in [5.41, 5.74) is 0.817. The molecular weight excluding hydrogens is 271 g/mol. The van der Waals surface area contributed by atoms with E-state index in [2.05, 4.69) is 20.3 Å². The van der Waals surface area contributed by atoms with Gasteiger partial charge in [-0.25, -0.2) is 19.3 Å². The fourth-order valence-corrected chi connectivity index (χ4v) is 2.09. The summed E-state index contributed by atoms with van der Waals surface area (Å²) >= 11 is 0. The average molecular weight is 284 g/mol. The third kappa shape index (κ3) is 2.80. The van der Waals surface area contributed by atoms with E-state index in [1.807, 2.05) is 6.07 Å². The maximum Gasteiger partial charge on any atom is 0.164 e. The summed E-state index contributed by atoms with van der Waals surface area (Å²) in [6.07, 6.45) is 2.08. The van der Waals surface area contributed by atoms with Crippen LogP contribution in [-0.4, -0.2) is 26.6 Å². The van der Waals surface area contributed by atoms with E-state index >= 15 is 0 Å². The van der Waals surface area contributed by atoms with Gasteiger partial charge in [0.15, 0.2) is 5.65 Å². The van der Waals surface area contributed by atoms with Gasteiger partial charge < -0.3 is 10.4 Å². The summed E-state index contributed by atoms with van der Waals surface area (Å²) in [4.78, 5) is 12.3. The monoisotopic (exact) mass is 284 g/mol. The molecule has 0 amide bonds. The van der Waals surface area contributed by atoms with Crippen molar-refractivity contribution in [3.05, 3.63) is 60.3 Å². The SMILES string of the molecule is OC(CNc1ncnc2ncccc12)c1ccccc1F. The lowest BCUT2D eigenvalue weighted by Crippen LogP contribution is -2.14. The van der Waals surface area contributed by atoms with Gasteiger partial charge in [0, 0.05) is 18.3 Å². The van der Waals surface area contributed by atoms with Gasteiger partial charge in [-0.1, -0.05) is 18.2 Å². The van der Waals surface area contributed by atoms with Crippen LogP contribution >= 0.6 is 0 Å². The van der Waals surface area contributed by atoms with Crippen LogP contribution in [0.1, 0.15) is 11.7 Å². The second-order valence-corrected chi connectivity index (χ2v) is 4.52. The summed E-state index contributed by atoms with van der Waals surface area (Å²) in [6.45, 7) is 0.141. The number of hydrogen-bond acceptors (Lipinski definition) is 5. The van der Waals surface area contributed by atoms with Crippen molar-refractivity contribution >= 4 is 16.9 Å². The number of nitrogens with one attached hydrogen (secondary N) is 1. The van der Waals surface area contributed by atoms with Gasteiger partial charge in [0.1, 0.15) is 18.0 Å². The molecule has 106 valence electrons. The molecular formula is C15H13FN4O. The minimum absolute atomic E-state index is 0.141. The van der Waals surface area contributed by atoms with Gasteiger partial charge in [-0.3, -0.25) is 0 Å². The van der Waals surface area contributed by atoms with Gasteiger partial charge in [0.25, 0.3) is 0 Å². The number of aromatic nitrogens is 3. The van der Waals surface area contributed by atoms with E-state index in [-0.39, 0.29) is 12.1 Å². The number of rotatable bonds is 4. The van der Waals surface area contributed by atoms with E-state index in [1.54, 1.807) is 30.5 Å². The first kappa shape index (κ1) is 13.4. The molecule has 2 N–H and O–H groups in total. The standard InChI is InChI=1S/C15H13FN4O/c16-12-6-2-1-4-10(12)13(21)8-18-15-11-5-3-7-17-14(11)19-9-20-15/h1-7,9,13,21H,8H2,(H,17,18,19,20). The third-order valence-corrected chi connectivity index (χ3v) is 3.14. The zero-order chi connectivity index (χ0) is 14.7. The number of aliphatic hydroxyl groups is 1. The second-order valence-electron chi connectivity index (χ2n) is 4.52. The highest BCUT2D eigenvalue weighted by Crippen LogP contribution is 2.20. The summed E-state index contributed by atoms with van der Waals surface area (Å²) in [7, 11) is 0. The van der Waals surface area contributed by atoms with Crippen LogP contribution in [0.4, 0.5) is 10.2 Å². The molecule has 2 aromatic heterocycles. The predicted molar refractivity (Wildman–Crippen MR) is 77.2 cm³/mol. The highest BCUT2D eigenvalue weighted by Gasteiger charge is 2.13. The molecule has 21 heavy (non-hydrogen) atoms. The molecule has 2 heterocycles. The minimum Gasteiger partial charge on any atom is -0.386 e. The molecule has 0 aliphatic heterocycles. The van der Waals surface area contributed by atoms with E-state index in [0.717, 1.165) is 5.39 Å². The van der Waals surface area contributed by atoms with Crippen LogP contribution in [0.3, 0.4) is 0 Å². The van der Waals surface area contributed by atoms with Crippen LogP contribution in [0, 0.1) is 5.82 Å². The first-order valence-electron chi connectivity index (χ1n) is 6.48. The van der Waals surface area contributed by atoms with Crippen LogP contribution in [0.2, 0.25) is 0 Å². The van der Waals surface area contributed by atoms with Crippen molar-refractivity contribution in [1.82, 2.24) is 15.0 Å². The Kier molecular flexibility index (Phi) is 3.70. The van der Waals surface area contributed by atoms with Crippen molar-refractivity contribution in [3.63, 3.8) is 0 Å². The molecule has 0 saturated heterocycles. The van der Waals surface area contributed by atoms with Gasteiger partial charge in [-0.15, -0.1) is 0 Å². The summed E-state index contributed by atoms with van der Waals surface area (Å²) in [5, 5.41) is 13.8. The van der Waals surface area contributed by atoms with Crippen molar-refractivity contribution in [1.29, 1.82) is 0 Å². The average Bonchev–Trinajstić information content (AvgIpc) is 2.53. The van der Waals surface area contributed by atoms with E-state index in [4.69, 9.17) is 0 Å². The molecule has 0 radical (unpaired) electrons. The topological polar surface area (TPSA) is 70.9 Å². The number of benzene rings is 1. The van der Waals surface area contributed by atoms with E-state index in [1.165, 1.54) is 12.4 Å². The molecule has 0 aliphatic rings. The van der Waals surface area contributed by atoms with Crippen LogP contribution in [-0.2, 0) is 0 Å². The Morgan fingerprint density at radius 2 is 1.95 bits per heavy atom. The Bertz CT molecular complexity index is 760. The Labute approximate surface area is 120 Å². The first-order valence-corrected chi connectivity index (χ1v) is 6.48. The Morgan fingerprint density at radius 1 is 1.10 bits per heavy atom. The molecule has 5 nitrogen and oxygen atoms in total. The predicted octanol–water partition coefficient (Wildman–Crippen LogP) is 2.31. The lowest BCUT2D eigenvalue weighted by Gasteiger charge is -2.14. The fourth-order valence-electron chi connectivity index (χ4n) is 2.09. The van der Waals surface area contributed by atoms with Crippen LogP contribution in [0.15, 0.2) is 48.9 Å². The van der Waals surface area contributed by atoms with Gasteiger partial charge in [0.05, 0.1) is 11.5 Å². The summed E-state index contributed by atoms with van der Waals surface area (Å²) < 4.78 is 13.6. The molecule has 6 heteroatoms. The Hall–Kier alpha value is -2.60. The molecule has 3 aromatic rings. The van der Waals surface area contributed by atoms with Gasteiger partial charge in [-0.2, -0.15) is 0 Å². The van der Waals surface area contributed by atoms with Crippen molar-refractivity contribution in [2.45, 2.75) is 6.10 Å². The van der Waals surface area contributed by atoms with Crippen molar-refractivity contribution in [2.75, 3.05) is 11.9 Å². The largest absolute Gasteiger partial charge is 0.386 e. The van der Waals surface area contributed by atoms with Crippen molar-refractivity contribution < 1.29 is 9.50 Å². The Balaban J connectivity index is 1.79. The van der Waals surface area contributed by atoms with Gasteiger partial charge in [0.2, 0.25) is 0 Å². The number of anilines is 1. The molecule has 1 aromatic carbocycles. The molecule has 0 aliphatic carbocycles. The second kappa shape index (κ2) is 5.80. The number of halogens is 1. The number of aliphatic hydroxyl groups excluding tert-OH is 1. The molecule has 0 fully saturated rings. The maximum atomic E-state index is 13.6. The van der Waals surface area contributed by atoms with E-state index < -0.39 is 11.9 Å². The van der Waals surface area contributed by atoms with Gasteiger partial charge in [-0.05, 0) is 18.2 Å². The molecule has 0 saturated carbocycles. The molecule has 1 unspecified atom stereocenters. The maximum absolute atomic E-state index is 13.6. The smallest absolute Gasteiger partial charge is 0.164 e. The summed E-state index contributed by atoms with van der Waals surface area (Å²) in [5.74, 6) is 0.129. The number of pyridine rings is 1. The third-order valence-electron chi connectivity index (χ3n) is 3.14. The highest BCUT2D eigenvalue weighted by molar-refractivity contribution is 5.85. The van der Waals surface area contributed by atoms with E-state index in [9.17, 15) is 9.50 Å². The molecule has 0 spiro atoms. The highest BCUT2D eigenvalue weighted by atomic mass is 19.1. The van der Waals surface area contributed by atoms with Crippen LogP contribution < -0.4 is 5.32 Å². The molecule has 0 bridgehead atoms. The van der Waals surface area contributed by atoms with Crippen LogP contribution in [0.5, 0.6) is 0 Å². The quantitative estimate of drug-likeness (QED) is 0.769. The normalized spacial score (nSPS) is 12.3. The molecule has 3 rings (SSSR count). The Morgan fingerprint density at radius 3 is 2.81 bits per heavy atom. The zero-order valence-electron chi connectivity index (χ0n) is 11.1. The number of nitrogens with zero attached hydrogens (tertiary/aromatic N) is 3.